The molecule has 20 heavy (non-hydrogen) atoms. The second-order valence-corrected chi connectivity index (χ2v) is 6.80. The Labute approximate surface area is 122 Å². The Morgan fingerprint density at radius 3 is 2.85 bits per heavy atom. The molecule has 4 nitrogen and oxygen atoms in total. The molecule has 0 amide bonds. The van der Waals surface area contributed by atoms with Crippen LogP contribution in [0, 0.1) is 5.92 Å². The van der Waals surface area contributed by atoms with Crippen LogP contribution in [0.1, 0.15) is 41.6 Å². The van der Waals surface area contributed by atoms with E-state index in [9.17, 15) is 0 Å². The van der Waals surface area contributed by atoms with Crippen molar-refractivity contribution in [3.8, 4) is 0 Å². The zero-order chi connectivity index (χ0) is 13.7. The van der Waals surface area contributed by atoms with Crippen molar-refractivity contribution in [2.75, 3.05) is 19.5 Å². The minimum atomic E-state index is 0.0587. The molecule has 5 heteroatoms. The molecule has 1 N–H and O–H groups in total. The average molecular weight is 289 g/mol. The lowest BCUT2D eigenvalue weighted by atomic mass is 10.1. The van der Waals surface area contributed by atoms with Gasteiger partial charge in [0.05, 0.1) is 5.39 Å². The van der Waals surface area contributed by atoms with Gasteiger partial charge in [-0.15, -0.1) is 11.3 Å². The predicted molar refractivity (Wildman–Crippen MR) is 81.5 cm³/mol. The second-order valence-electron chi connectivity index (χ2n) is 5.71. The highest BCUT2D eigenvalue weighted by Crippen LogP contribution is 2.44. The van der Waals surface area contributed by atoms with Crippen LogP contribution in [0.25, 0.3) is 10.2 Å². The number of hydrogen-bond donors (Lipinski definition) is 1. The molecule has 2 heterocycles. The molecule has 0 aromatic carbocycles. The van der Waals surface area contributed by atoms with Gasteiger partial charge in [0.1, 0.15) is 16.8 Å². The zero-order valence-corrected chi connectivity index (χ0v) is 12.7. The Morgan fingerprint density at radius 2 is 2.15 bits per heavy atom. The van der Waals surface area contributed by atoms with Crippen LogP contribution in [0.4, 0.5) is 5.82 Å². The van der Waals surface area contributed by atoms with Gasteiger partial charge in [0.2, 0.25) is 0 Å². The molecular weight excluding hydrogens is 270 g/mol. The molecule has 2 aromatic rings. The summed E-state index contributed by atoms with van der Waals surface area (Å²) in [7, 11) is 3.72. The van der Waals surface area contributed by atoms with E-state index in [1.165, 1.54) is 47.9 Å². The first-order valence-electron chi connectivity index (χ1n) is 7.34. The van der Waals surface area contributed by atoms with E-state index in [4.69, 9.17) is 14.7 Å². The third kappa shape index (κ3) is 1.84. The van der Waals surface area contributed by atoms with Crippen molar-refractivity contribution in [3.05, 3.63) is 16.3 Å². The van der Waals surface area contributed by atoms with Crippen molar-refractivity contribution in [2.45, 2.75) is 38.2 Å². The molecule has 1 saturated carbocycles. The number of methoxy groups -OCH3 is 1. The highest BCUT2D eigenvalue weighted by molar-refractivity contribution is 7.19. The van der Waals surface area contributed by atoms with Gasteiger partial charge < -0.3 is 10.1 Å². The van der Waals surface area contributed by atoms with Gasteiger partial charge in [-0.25, -0.2) is 9.97 Å². The van der Waals surface area contributed by atoms with Gasteiger partial charge in [0, 0.05) is 19.0 Å². The number of anilines is 1. The summed E-state index contributed by atoms with van der Waals surface area (Å²) >= 11 is 1.84. The minimum absolute atomic E-state index is 0.0587. The van der Waals surface area contributed by atoms with Crippen LogP contribution >= 0.6 is 11.3 Å². The molecule has 0 radical (unpaired) electrons. The molecule has 4 rings (SSSR count). The Morgan fingerprint density at radius 1 is 1.30 bits per heavy atom. The molecule has 2 aromatic heterocycles. The molecule has 0 saturated heterocycles. The average Bonchev–Trinajstić information content (AvgIpc) is 3.07. The van der Waals surface area contributed by atoms with Crippen LogP contribution in [-0.4, -0.2) is 24.1 Å². The standard InChI is InChI=1S/C15H19N3OS/c1-16-13-11-9-4-3-5-10(9)20-15(11)18-14(17-13)12(19-2)8-6-7-8/h8,12H,3-7H2,1-2H3,(H,16,17,18). The lowest BCUT2D eigenvalue weighted by Gasteiger charge is -2.14. The first-order valence-corrected chi connectivity index (χ1v) is 8.16. The van der Waals surface area contributed by atoms with Crippen molar-refractivity contribution >= 4 is 27.4 Å². The SMILES string of the molecule is CNc1nc(C(OC)C2CC2)nc2sc3c(c12)CCC3. The van der Waals surface area contributed by atoms with E-state index in [0.29, 0.717) is 5.92 Å². The topological polar surface area (TPSA) is 47.0 Å². The maximum Gasteiger partial charge on any atom is 0.161 e. The third-order valence-electron chi connectivity index (χ3n) is 4.38. The normalized spacial score (nSPS) is 19.3. The molecule has 0 bridgehead atoms. The van der Waals surface area contributed by atoms with Crippen LogP contribution < -0.4 is 5.32 Å². The van der Waals surface area contributed by atoms with E-state index < -0.39 is 0 Å². The Kier molecular flexibility index (Phi) is 2.93. The highest BCUT2D eigenvalue weighted by atomic mass is 32.1. The van der Waals surface area contributed by atoms with Crippen LogP contribution in [0.15, 0.2) is 0 Å². The quantitative estimate of drug-likeness (QED) is 0.938. The second kappa shape index (κ2) is 4.67. The van der Waals surface area contributed by atoms with Crippen LogP contribution in [0.5, 0.6) is 0 Å². The Hall–Kier alpha value is -1.20. The van der Waals surface area contributed by atoms with Crippen LogP contribution in [0.3, 0.4) is 0 Å². The lowest BCUT2D eigenvalue weighted by molar-refractivity contribution is 0.0776. The minimum Gasteiger partial charge on any atom is -0.373 e. The van der Waals surface area contributed by atoms with E-state index in [1.54, 1.807) is 7.11 Å². The van der Waals surface area contributed by atoms with E-state index >= 15 is 0 Å². The lowest BCUT2D eigenvalue weighted by Crippen LogP contribution is -2.10. The number of aryl methyl sites for hydroxylation is 2. The number of aromatic nitrogens is 2. The summed E-state index contributed by atoms with van der Waals surface area (Å²) in [6.45, 7) is 0. The number of hydrogen-bond acceptors (Lipinski definition) is 5. The van der Waals surface area contributed by atoms with Gasteiger partial charge in [-0.1, -0.05) is 0 Å². The molecular formula is C15H19N3OS. The molecule has 2 aliphatic carbocycles. The number of rotatable bonds is 4. The predicted octanol–water partition coefficient (Wildman–Crippen LogP) is 3.32. The van der Waals surface area contributed by atoms with E-state index in [-0.39, 0.29) is 6.10 Å². The van der Waals surface area contributed by atoms with Crippen molar-refractivity contribution in [2.24, 2.45) is 5.92 Å². The molecule has 1 unspecified atom stereocenters. The van der Waals surface area contributed by atoms with Gasteiger partial charge in [0.25, 0.3) is 0 Å². The number of ether oxygens (including phenoxy) is 1. The maximum absolute atomic E-state index is 5.64. The smallest absolute Gasteiger partial charge is 0.161 e. The van der Waals surface area contributed by atoms with Crippen molar-refractivity contribution < 1.29 is 4.74 Å². The largest absolute Gasteiger partial charge is 0.373 e. The third-order valence-corrected chi connectivity index (χ3v) is 5.56. The first-order chi connectivity index (χ1) is 9.81. The first kappa shape index (κ1) is 12.5. The molecule has 0 aliphatic heterocycles. The number of fused-ring (bicyclic) bond motifs is 3. The Bertz CT molecular complexity index is 663. The van der Waals surface area contributed by atoms with Crippen LogP contribution in [-0.2, 0) is 17.6 Å². The van der Waals surface area contributed by atoms with Gasteiger partial charge in [-0.2, -0.15) is 0 Å². The van der Waals surface area contributed by atoms with Gasteiger partial charge in [-0.05, 0) is 43.6 Å². The summed E-state index contributed by atoms with van der Waals surface area (Å²) in [6, 6.07) is 0. The van der Waals surface area contributed by atoms with Crippen LogP contribution in [0.2, 0.25) is 0 Å². The van der Waals surface area contributed by atoms with E-state index in [0.717, 1.165) is 16.5 Å². The highest BCUT2D eigenvalue weighted by Gasteiger charge is 2.35. The fraction of sp³-hybridized carbons (Fsp3) is 0.600. The summed E-state index contributed by atoms with van der Waals surface area (Å²) in [4.78, 5) is 12.2. The van der Waals surface area contributed by atoms with E-state index in [2.05, 4.69) is 5.32 Å². The summed E-state index contributed by atoms with van der Waals surface area (Å²) in [6.07, 6.45) is 6.16. The zero-order valence-electron chi connectivity index (χ0n) is 11.9. The van der Waals surface area contributed by atoms with Gasteiger partial charge >= 0.3 is 0 Å². The van der Waals surface area contributed by atoms with Crippen molar-refractivity contribution in [3.63, 3.8) is 0 Å². The summed E-state index contributed by atoms with van der Waals surface area (Å²) in [5, 5.41) is 4.51. The number of nitrogens with one attached hydrogen (secondary N) is 1. The summed E-state index contributed by atoms with van der Waals surface area (Å²) in [5.74, 6) is 2.44. The molecule has 2 aliphatic rings. The summed E-state index contributed by atoms with van der Waals surface area (Å²) in [5.41, 5.74) is 1.47. The molecule has 0 spiro atoms. The molecule has 1 fully saturated rings. The number of thiophene rings is 1. The number of nitrogens with zero attached hydrogens (tertiary/aromatic N) is 2. The van der Waals surface area contributed by atoms with Crippen molar-refractivity contribution in [1.82, 2.24) is 9.97 Å². The monoisotopic (exact) mass is 289 g/mol. The van der Waals surface area contributed by atoms with Crippen molar-refractivity contribution in [1.29, 1.82) is 0 Å². The van der Waals surface area contributed by atoms with E-state index in [1.807, 2.05) is 18.4 Å². The fourth-order valence-electron chi connectivity index (χ4n) is 3.23. The molecule has 1 atom stereocenters. The maximum atomic E-state index is 5.64. The fourth-order valence-corrected chi connectivity index (χ4v) is 4.50. The summed E-state index contributed by atoms with van der Waals surface area (Å²) < 4.78 is 5.64. The Balaban J connectivity index is 1.88. The molecule has 106 valence electrons. The van der Waals surface area contributed by atoms with Gasteiger partial charge in [0.15, 0.2) is 5.82 Å². The van der Waals surface area contributed by atoms with Gasteiger partial charge in [-0.3, -0.25) is 0 Å².